The second kappa shape index (κ2) is 7.42. The van der Waals surface area contributed by atoms with Gasteiger partial charge in [0.15, 0.2) is 0 Å². The Bertz CT molecular complexity index is 433. The number of hydrogen-bond donors (Lipinski definition) is 1. The van der Waals surface area contributed by atoms with E-state index in [1.54, 1.807) is 0 Å². The standard InChI is InChI=1S/C19H30N2/c1-21(14-16-6-2-3-7-16)15-18-9-5-4-8-17(18)12-13-20-19-10-11-19/h4-5,8-9,16,19-20H,2-3,6-7,10-15H2,1H3. The van der Waals surface area contributed by atoms with Gasteiger partial charge in [-0.2, -0.15) is 0 Å². The Kier molecular flexibility index (Phi) is 5.32. The summed E-state index contributed by atoms with van der Waals surface area (Å²) in [6, 6.07) is 9.83. The Labute approximate surface area is 129 Å². The molecule has 1 N–H and O–H groups in total. The number of benzene rings is 1. The summed E-state index contributed by atoms with van der Waals surface area (Å²) in [5.74, 6) is 0.943. The lowest BCUT2D eigenvalue weighted by molar-refractivity contribution is 0.270. The predicted molar refractivity (Wildman–Crippen MR) is 89.5 cm³/mol. The van der Waals surface area contributed by atoms with E-state index in [-0.39, 0.29) is 0 Å². The van der Waals surface area contributed by atoms with Gasteiger partial charge in [-0.15, -0.1) is 0 Å². The quantitative estimate of drug-likeness (QED) is 0.785. The molecule has 0 saturated heterocycles. The van der Waals surface area contributed by atoms with Crippen molar-refractivity contribution in [2.45, 2.75) is 57.5 Å². The summed E-state index contributed by atoms with van der Waals surface area (Å²) < 4.78 is 0. The number of nitrogens with zero attached hydrogens (tertiary/aromatic N) is 1. The number of hydrogen-bond acceptors (Lipinski definition) is 2. The maximum atomic E-state index is 3.63. The van der Waals surface area contributed by atoms with Crippen molar-refractivity contribution in [3.8, 4) is 0 Å². The summed E-state index contributed by atoms with van der Waals surface area (Å²) in [4.78, 5) is 2.53. The third-order valence-corrected chi connectivity index (χ3v) is 5.01. The smallest absolute Gasteiger partial charge is 0.0233 e. The van der Waals surface area contributed by atoms with Crippen molar-refractivity contribution in [1.82, 2.24) is 10.2 Å². The van der Waals surface area contributed by atoms with Gasteiger partial charge in [-0.05, 0) is 62.7 Å². The highest BCUT2D eigenvalue weighted by atomic mass is 15.1. The molecule has 2 saturated carbocycles. The first-order chi connectivity index (χ1) is 10.3. The zero-order chi connectivity index (χ0) is 14.5. The van der Waals surface area contributed by atoms with E-state index in [0.717, 1.165) is 25.0 Å². The molecule has 0 unspecified atom stereocenters. The zero-order valence-corrected chi connectivity index (χ0v) is 13.5. The Morgan fingerprint density at radius 3 is 2.48 bits per heavy atom. The van der Waals surface area contributed by atoms with Gasteiger partial charge in [0.2, 0.25) is 0 Å². The molecule has 0 atom stereocenters. The lowest BCUT2D eigenvalue weighted by Crippen LogP contribution is -2.25. The van der Waals surface area contributed by atoms with Crippen LogP contribution in [0.3, 0.4) is 0 Å². The van der Waals surface area contributed by atoms with E-state index in [1.807, 2.05) is 0 Å². The van der Waals surface area contributed by atoms with Crippen molar-refractivity contribution >= 4 is 0 Å². The van der Waals surface area contributed by atoms with Crippen LogP contribution in [0.1, 0.15) is 49.7 Å². The van der Waals surface area contributed by atoms with E-state index in [0.29, 0.717) is 0 Å². The van der Waals surface area contributed by atoms with E-state index in [4.69, 9.17) is 0 Å². The summed E-state index contributed by atoms with van der Waals surface area (Å²) in [6.45, 7) is 3.51. The summed E-state index contributed by atoms with van der Waals surface area (Å²) in [7, 11) is 2.29. The topological polar surface area (TPSA) is 15.3 Å². The van der Waals surface area contributed by atoms with Crippen molar-refractivity contribution in [1.29, 1.82) is 0 Å². The molecule has 2 aliphatic carbocycles. The van der Waals surface area contributed by atoms with Crippen molar-refractivity contribution in [3.63, 3.8) is 0 Å². The van der Waals surface area contributed by atoms with E-state index in [2.05, 4.69) is 41.5 Å². The minimum Gasteiger partial charge on any atom is -0.314 e. The Morgan fingerprint density at radius 2 is 1.76 bits per heavy atom. The molecule has 2 nitrogen and oxygen atoms in total. The summed E-state index contributed by atoms with van der Waals surface area (Å²) in [5.41, 5.74) is 3.06. The van der Waals surface area contributed by atoms with E-state index < -0.39 is 0 Å². The SMILES string of the molecule is CN(Cc1ccccc1CCNC1CC1)CC1CCCC1. The lowest BCUT2D eigenvalue weighted by atomic mass is 10.0. The van der Waals surface area contributed by atoms with Crippen LogP contribution in [0.2, 0.25) is 0 Å². The molecule has 0 amide bonds. The minimum atomic E-state index is 0.821. The molecular weight excluding hydrogens is 256 g/mol. The van der Waals surface area contributed by atoms with E-state index >= 15 is 0 Å². The maximum absolute atomic E-state index is 3.63. The zero-order valence-electron chi connectivity index (χ0n) is 13.5. The second-order valence-corrected chi connectivity index (χ2v) is 7.09. The molecule has 116 valence electrons. The molecule has 3 rings (SSSR count). The molecule has 0 aliphatic heterocycles. The van der Waals surface area contributed by atoms with Crippen LogP contribution in [-0.2, 0) is 13.0 Å². The van der Waals surface area contributed by atoms with Gasteiger partial charge in [0.25, 0.3) is 0 Å². The fourth-order valence-corrected chi connectivity index (χ4v) is 3.64. The van der Waals surface area contributed by atoms with Crippen molar-refractivity contribution in [2.75, 3.05) is 20.1 Å². The third kappa shape index (κ3) is 4.82. The van der Waals surface area contributed by atoms with E-state index in [9.17, 15) is 0 Å². The van der Waals surface area contributed by atoms with Crippen molar-refractivity contribution in [2.24, 2.45) is 5.92 Å². The molecule has 1 aromatic carbocycles. The molecule has 0 bridgehead atoms. The average molecular weight is 286 g/mol. The molecule has 0 aromatic heterocycles. The van der Waals surface area contributed by atoms with Gasteiger partial charge in [-0.1, -0.05) is 37.1 Å². The van der Waals surface area contributed by atoms with Crippen LogP contribution in [0.5, 0.6) is 0 Å². The first-order valence-electron chi connectivity index (χ1n) is 8.80. The van der Waals surface area contributed by atoms with Crippen LogP contribution >= 0.6 is 0 Å². The molecule has 0 heterocycles. The molecule has 21 heavy (non-hydrogen) atoms. The molecule has 0 spiro atoms. The molecule has 0 radical (unpaired) electrons. The molecular formula is C19H30N2. The van der Waals surface area contributed by atoms with Crippen LogP contribution in [0.15, 0.2) is 24.3 Å². The van der Waals surface area contributed by atoms with Gasteiger partial charge < -0.3 is 10.2 Å². The fourth-order valence-electron chi connectivity index (χ4n) is 3.64. The van der Waals surface area contributed by atoms with E-state index in [1.165, 1.54) is 62.6 Å². The van der Waals surface area contributed by atoms with Gasteiger partial charge >= 0.3 is 0 Å². The van der Waals surface area contributed by atoms with Crippen LogP contribution < -0.4 is 5.32 Å². The van der Waals surface area contributed by atoms with Gasteiger partial charge in [-0.3, -0.25) is 0 Å². The minimum absolute atomic E-state index is 0.821. The summed E-state index contributed by atoms with van der Waals surface area (Å²) in [6.07, 6.45) is 9.71. The first kappa shape index (κ1) is 15.1. The fraction of sp³-hybridized carbons (Fsp3) is 0.684. The van der Waals surface area contributed by atoms with Crippen LogP contribution in [0.4, 0.5) is 0 Å². The molecule has 2 aliphatic rings. The highest BCUT2D eigenvalue weighted by molar-refractivity contribution is 5.27. The average Bonchev–Trinajstić information content (AvgIpc) is 3.16. The van der Waals surface area contributed by atoms with Gasteiger partial charge in [-0.25, -0.2) is 0 Å². The maximum Gasteiger partial charge on any atom is 0.0233 e. The second-order valence-electron chi connectivity index (χ2n) is 7.09. The molecule has 2 fully saturated rings. The first-order valence-corrected chi connectivity index (χ1v) is 8.80. The summed E-state index contributed by atoms with van der Waals surface area (Å²) in [5, 5.41) is 3.63. The Morgan fingerprint density at radius 1 is 1.05 bits per heavy atom. The Hall–Kier alpha value is -0.860. The molecule has 1 aromatic rings. The monoisotopic (exact) mass is 286 g/mol. The summed E-state index contributed by atoms with van der Waals surface area (Å²) >= 11 is 0. The number of nitrogens with one attached hydrogen (secondary N) is 1. The highest BCUT2D eigenvalue weighted by Crippen LogP contribution is 2.25. The van der Waals surface area contributed by atoms with Gasteiger partial charge in [0.1, 0.15) is 0 Å². The van der Waals surface area contributed by atoms with Gasteiger partial charge in [0.05, 0.1) is 0 Å². The van der Waals surface area contributed by atoms with Crippen molar-refractivity contribution in [3.05, 3.63) is 35.4 Å². The lowest BCUT2D eigenvalue weighted by Gasteiger charge is -2.22. The van der Waals surface area contributed by atoms with Crippen LogP contribution in [0.25, 0.3) is 0 Å². The van der Waals surface area contributed by atoms with Gasteiger partial charge in [0, 0.05) is 19.1 Å². The van der Waals surface area contributed by atoms with Crippen LogP contribution in [-0.4, -0.2) is 31.1 Å². The third-order valence-electron chi connectivity index (χ3n) is 5.01. The normalized spacial score (nSPS) is 19.5. The Balaban J connectivity index is 1.50. The largest absolute Gasteiger partial charge is 0.314 e. The van der Waals surface area contributed by atoms with Crippen molar-refractivity contribution < 1.29 is 0 Å². The molecule has 2 heteroatoms. The highest BCUT2D eigenvalue weighted by Gasteiger charge is 2.20. The van der Waals surface area contributed by atoms with Crippen LogP contribution in [0, 0.1) is 5.92 Å². The predicted octanol–water partition coefficient (Wildman–Crippen LogP) is 3.60. The number of rotatable bonds is 8.